The lowest BCUT2D eigenvalue weighted by atomic mass is 9.99. The van der Waals surface area contributed by atoms with Gasteiger partial charge in [0.05, 0.1) is 13.7 Å². The highest BCUT2D eigenvalue weighted by Crippen LogP contribution is 2.34. The average Bonchev–Trinajstić information content (AvgIpc) is 2.75. The highest BCUT2D eigenvalue weighted by Gasteiger charge is 2.17. The fraction of sp³-hybridized carbons (Fsp3) is 0.529. The van der Waals surface area contributed by atoms with Crippen LogP contribution in [0.3, 0.4) is 0 Å². The molecule has 0 aliphatic rings. The molecule has 0 amide bonds. The summed E-state index contributed by atoms with van der Waals surface area (Å²) in [5, 5.41) is 4.63. The van der Waals surface area contributed by atoms with Crippen molar-refractivity contribution >= 4 is 11.0 Å². The molecule has 0 aliphatic carbocycles. The monoisotopic (exact) mass is 275 g/mol. The predicted molar refractivity (Wildman–Crippen MR) is 83.4 cm³/mol. The lowest BCUT2D eigenvalue weighted by molar-refractivity contribution is 0.415. The summed E-state index contributed by atoms with van der Waals surface area (Å²) in [4.78, 5) is 0. The number of benzene rings is 1. The van der Waals surface area contributed by atoms with Gasteiger partial charge in [0.2, 0.25) is 0 Å². The first-order valence-electron chi connectivity index (χ1n) is 7.33. The Kier molecular flexibility index (Phi) is 4.71. The standard InChI is InChI=1S/C17H25NO2/c1-11(2)9-18-10-16-17(12(3)4)14-8-13(19-5)6-7-15(14)20-16/h6-8,11-12,18H,9-10H2,1-5H3. The van der Waals surface area contributed by atoms with Crippen molar-refractivity contribution in [1.82, 2.24) is 5.32 Å². The second-order valence-electron chi connectivity index (χ2n) is 5.98. The molecule has 2 rings (SSSR count). The van der Waals surface area contributed by atoms with Gasteiger partial charge in [-0.25, -0.2) is 0 Å². The number of rotatable bonds is 6. The number of hydrogen-bond acceptors (Lipinski definition) is 3. The number of furan rings is 1. The van der Waals surface area contributed by atoms with Crippen LogP contribution in [-0.4, -0.2) is 13.7 Å². The lowest BCUT2D eigenvalue weighted by Gasteiger charge is -2.09. The van der Waals surface area contributed by atoms with E-state index in [-0.39, 0.29) is 0 Å². The van der Waals surface area contributed by atoms with Crippen molar-refractivity contribution in [2.24, 2.45) is 5.92 Å². The Morgan fingerprint density at radius 3 is 2.55 bits per heavy atom. The van der Waals surface area contributed by atoms with Crippen LogP contribution < -0.4 is 10.1 Å². The van der Waals surface area contributed by atoms with Crippen LogP contribution in [0.5, 0.6) is 5.75 Å². The molecule has 1 aromatic carbocycles. The summed E-state index contributed by atoms with van der Waals surface area (Å²) in [6, 6.07) is 6.01. The van der Waals surface area contributed by atoms with Gasteiger partial charge in [0.15, 0.2) is 0 Å². The van der Waals surface area contributed by atoms with E-state index in [4.69, 9.17) is 9.15 Å². The molecule has 0 spiro atoms. The summed E-state index contributed by atoms with van der Waals surface area (Å²) in [7, 11) is 1.70. The largest absolute Gasteiger partial charge is 0.497 e. The molecule has 110 valence electrons. The third kappa shape index (κ3) is 3.15. The number of methoxy groups -OCH3 is 1. The zero-order valence-electron chi connectivity index (χ0n) is 13.1. The summed E-state index contributed by atoms with van der Waals surface area (Å²) in [5.74, 6) is 2.99. The van der Waals surface area contributed by atoms with E-state index < -0.39 is 0 Å². The Morgan fingerprint density at radius 1 is 1.20 bits per heavy atom. The van der Waals surface area contributed by atoms with Gasteiger partial charge >= 0.3 is 0 Å². The quantitative estimate of drug-likeness (QED) is 0.853. The summed E-state index contributed by atoms with van der Waals surface area (Å²) < 4.78 is 11.3. The number of fused-ring (bicyclic) bond motifs is 1. The van der Waals surface area contributed by atoms with E-state index in [2.05, 4.69) is 39.1 Å². The molecule has 0 saturated heterocycles. The zero-order valence-corrected chi connectivity index (χ0v) is 13.1. The van der Waals surface area contributed by atoms with Crippen LogP contribution in [0.15, 0.2) is 22.6 Å². The number of hydrogen-bond donors (Lipinski definition) is 1. The minimum atomic E-state index is 0.430. The zero-order chi connectivity index (χ0) is 14.7. The van der Waals surface area contributed by atoms with Gasteiger partial charge in [-0.3, -0.25) is 0 Å². The fourth-order valence-corrected chi connectivity index (χ4v) is 2.51. The molecule has 2 aromatic rings. The van der Waals surface area contributed by atoms with E-state index >= 15 is 0 Å². The molecule has 0 atom stereocenters. The van der Waals surface area contributed by atoms with Crippen molar-refractivity contribution in [2.45, 2.75) is 40.2 Å². The normalized spacial score (nSPS) is 11.8. The molecule has 0 radical (unpaired) electrons. The molecule has 0 saturated carbocycles. The van der Waals surface area contributed by atoms with E-state index in [1.165, 1.54) is 10.9 Å². The Bertz CT molecular complexity index is 570. The van der Waals surface area contributed by atoms with Gasteiger partial charge < -0.3 is 14.5 Å². The van der Waals surface area contributed by atoms with Gasteiger partial charge in [0.25, 0.3) is 0 Å². The Hall–Kier alpha value is -1.48. The summed E-state index contributed by atoms with van der Waals surface area (Å²) in [6.45, 7) is 10.6. The van der Waals surface area contributed by atoms with Crippen molar-refractivity contribution in [3.05, 3.63) is 29.5 Å². The third-order valence-corrected chi connectivity index (χ3v) is 3.43. The Morgan fingerprint density at radius 2 is 1.95 bits per heavy atom. The minimum Gasteiger partial charge on any atom is -0.497 e. The van der Waals surface area contributed by atoms with Gasteiger partial charge in [-0.2, -0.15) is 0 Å². The molecule has 3 nitrogen and oxygen atoms in total. The van der Waals surface area contributed by atoms with E-state index in [0.29, 0.717) is 11.8 Å². The molecular weight excluding hydrogens is 250 g/mol. The van der Waals surface area contributed by atoms with Gasteiger partial charge in [-0.1, -0.05) is 27.7 Å². The van der Waals surface area contributed by atoms with Crippen LogP contribution in [0.1, 0.15) is 44.9 Å². The summed E-state index contributed by atoms with van der Waals surface area (Å²) >= 11 is 0. The second-order valence-corrected chi connectivity index (χ2v) is 5.98. The molecule has 0 unspecified atom stereocenters. The SMILES string of the molecule is COc1ccc2oc(CNCC(C)C)c(C(C)C)c2c1. The molecular formula is C17H25NO2. The lowest BCUT2D eigenvalue weighted by Crippen LogP contribution is -2.19. The average molecular weight is 275 g/mol. The molecule has 0 aliphatic heterocycles. The van der Waals surface area contributed by atoms with E-state index in [1.807, 2.05) is 12.1 Å². The molecule has 20 heavy (non-hydrogen) atoms. The maximum atomic E-state index is 6.02. The molecule has 1 heterocycles. The third-order valence-electron chi connectivity index (χ3n) is 3.43. The fourth-order valence-electron chi connectivity index (χ4n) is 2.51. The van der Waals surface area contributed by atoms with Gasteiger partial charge in [-0.05, 0) is 36.6 Å². The summed E-state index contributed by atoms with van der Waals surface area (Å²) in [5.41, 5.74) is 2.23. The maximum Gasteiger partial charge on any atom is 0.134 e. The van der Waals surface area contributed by atoms with E-state index in [9.17, 15) is 0 Å². The molecule has 3 heteroatoms. The second kappa shape index (κ2) is 6.31. The number of ether oxygens (including phenoxy) is 1. The van der Waals surface area contributed by atoms with E-state index in [0.717, 1.165) is 30.2 Å². The molecule has 0 bridgehead atoms. The first kappa shape index (κ1) is 14.9. The Labute approximate surface area is 121 Å². The van der Waals surface area contributed by atoms with Crippen LogP contribution in [0.25, 0.3) is 11.0 Å². The summed E-state index contributed by atoms with van der Waals surface area (Å²) in [6.07, 6.45) is 0. The van der Waals surface area contributed by atoms with Crippen molar-refractivity contribution in [3.8, 4) is 5.75 Å². The molecule has 1 aromatic heterocycles. The van der Waals surface area contributed by atoms with Crippen LogP contribution >= 0.6 is 0 Å². The van der Waals surface area contributed by atoms with Crippen molar-refractivity contribution in [3.63, 3.8) is 0 Å². The molecule has 0 fully saturated rings. The van der Waals surface area contributed by atoms with Crippen LogP contribution in [-0.2, 0) is 6.54 Å². The van der Waals surface area contributed by atoms with Crippen LogP contribution in [0.2, 0.25) is 0 Å². The molecule has 1 N–H and O–H groups in total. The van der Waals surface area contributed by atoms with E-state index in [1.54, 1.807) is 7.11 Å². The highest BCUT2D eigenvalue weighted by molar-refractivity contribution is 5.84. The maximum absolute atomic E-state index is 6.02. The minimum absolute atomic E-state index is 0.430. The number of nitrogens with one attached hydrogen (secondary N) is 1. The highest BCUT2D eigenvalue weighted by atomic mass is 16.5. The van der Waals surface area contributed by atoms with Crippen LogP contribution in [0, 0.1) is 5.92 Å². The smallest absolute Gasteiger partial charge is 0.134 e. The first-order chi connectivity index (χ1) is 9.52. The van der Waals surface area contributed by atoms with Gasteiger partial charge in [0.1, 0.15) is 17.1 Å². The Balaban J connectivity index is 2.35. The van der Waals surface area contributed by atoms with Gasteiger partial charge in [0, 0.05) is 10.9 Å². The van der Waals surface area contributed by atoms with Gasteiger partial charge in [-0.15, -0.1) is 0 Å². The van der Waals surface area contributed by atoms with Crippen molar-refractivity contribution < 1.29 is 9.15 Å². The van der Waals surface area contributed by atoms with Crippen LogP contribution in [0.4, 0.5) is 0 Å². The van der Waals surface area contributed by atoms with Crippen molar-refractivity contribution in [1.29, 1.82) is 0 Å². The topological polar surface area (TPSA) is 34.4 Å². The first-order valence-corrected chi connectivity index (χ1v) is 7.33. The van der Waals surface area contributed by atoms with Crippen molar-refractivity contribution in [2.75, 3.05) is 13.7 Å². The predicted octanol–water partition coefficient (Wildman–Crippen LogP) is 4.31.